The van der Waals surface area contributed by atoms with Crippen molar-refractivity contribution >= 4 is 15.9 Å². The maximum absolute atomic E-state index is 10.1. The summed E-state index contributed by atoms with van der Waals surface area (Å²) in [7, 11) is 1.69. The van der Waals surface area contributed by atoms with Crippen LogP contribution < -0.4 is 4.74 Å². The fourth-order valence-electron chi connectivity index (χ4n) is 2.30. The van der Waals surface area contributed by atoms with Crippen molar-refractivity contribution in [3.63, 3.8) is 0 Å². The maximum atomic E-state index is 10.1. The van der Waals surface area contributed by atoms with Crippen molar-refractivity contribution in [2.24, 2.45) is 0 Å². The number of benzene rings is 1. The van der Waals surface area contributed by atoms with Crippen LogP contribution in [0.4, 0.5) is 0 Å². The molecule has 1 N–H and O–H groups in total. The molecule has 1 aliphatic rings. The number of rotatable bonds is 3. The molecular weight excluding hydrogens is 280 g/mol. The van der Waals surface area contributed by atoms with E-state index in [4.69, 9.17) is 4.74 Å². The highest BCUT2D eigenvalue weighted by Crippen LogP contribution is 2.43. The predicted molar refractivity (Wildman–Crippen MR) is 72.8 cm³/mol. The number of aliphatic hydroxyl groups is 1. The Hall–Kier alpha value is -0.540. The molecule has 0 spiro atoms. The van der Waals surface area contributed by atoms with Gasteiger partial charge >= 0.3 is 0 Å². The molecule has 0 atom stereocenters. The first-order valence-corrected chi connectivity index (χ1v) is 6.73. The zero-order valence-electron chi connectivity index (χ0n) is 10.9. The molecule has 0 unspecified atom stereocenters. The largest absolute Gasteiger partial charge is 0.495 e. The van der Waals surface area contributed by atoms with Crippen LogP contribution in [0.5, 0.6) is 5.75 Å². The molecule has 1 aromatic carbocycles. The third kappa shape index (κ3) is 2.23. The van der Waals surface area contributed by atoms with E-state index in [0.717, 1.165) is 35.0 Å². The van der Waals surface area contributed by atoms with Gasteiger partial charge in [-0.3, -0.25) is 0 Å². The molecule has 17 heavy (non-hydrogen) atoms. The van der Waals surface area contributed by atoms with Gasteiger partial charge < -0.3 is 9.84 Å². The van der Waals surface area contributed by atoms with Crippen molar-refractivity contribution in [1.29, 1.82) is 0 Å². The molecule has 0 saturated heterocycles. The Labute approximate surface area is 111 Å². The maximum Gasteiger partial charge on any atom is 0.136 e. The Morgan fingerprint density at radius 1 is 1.18 bits per heavy atom. The summed E-state index contributed by atoms with van der Waals surface area (Å²) in [6, 6.07) is 0. The van der Waals surface area contributed by atoms with Crippen LogP contribution in [0.15, 0.2) is 4.47 Å². The van der Waals surface area contributed by atoms with E-state index in [2.05, 4.69) is 36.7 Å². The molecule has 2 rings (SSSR count). The molecule has 0 amide bonds. The number of hydrogen-bond acceptors (Lipinski definition) is 2. The molecule has 94 valence electrons. The van der Waals surface area contributed by atoms with Gasteiger partial charge in [0.15, 0.2) is 0 Å². The zero-order chi connectivity index (χ0) is 12.8. The van der Waals surface area contributed by atoms with Crippen molar-refractivity contribution in [3.8, 4) is 5.75 Å². The first-order chi connectivity index (χ1) is 7.89. The minimum absolute atomic E-state index is 0.448. The van der Waals surface area contributed by atoms with Crippen LogP contribution in [0.1, 0.15) is 35.1 Å². The lowest BCUT2D eigenvalue weighted by molar-refractivity contribution is 0.150. The normalized spacial score (nSPS) is 17.1. The molecule has 1 aliphatic carbocycles. The van der Waals surface area contributed by atoms with Gasteiger partial charge in [0.05, 0.1) is 17.2 Å². The summed E-state index contributed by atoms with van der Waals surface area (Å²) in [5.74, 6) is 0.909. The lowest BCUT2D eigenvalue weighted by atomic mass is 9.92. The lowest BCUT2D eigenvalue weighted by Gasteiger charge is -2.20. The highest BCUT2D eigenvalue weighted by molar-refractivity contribution is 9.10. The van der Waals surface area contributed by atoms with Crippen LogP contribution in [-0.2, 0) is 6.42 Å². The monoisotopic (exact) mass is 298 g/mol. The third-order valence-corrected chi connectivity index (χ3v) is 4.83. The van der Waals surface area contributed by atoms with E-state index < -0.39 is 5.60 Å². The highest BCUT2D eigenvalue weighted by Gasteiger charge is 2.41. The van der Waals surface area contributed by atoms with E-state index in [1.54, 1.807) is 7.11 Å². The molecule has 3 heteroatoms. The summed E-state index contributed by atoms with van der Waals surface area (Å²) in [6.45, 7) is 6.26. The van der Waals surface area contributed by atoms with Crippen LogP contribution >= 0.6 is 15.9 Å². The van der Waals surface area contributed by atoms with Gasteiger partial charge in [-0.15, -0.1) is 0 Å². The second-order valence-electron chi connectivity index (χ2n) is 5.10. The van der Waals surface area contributed by atoms with Gasteiger partial charge in [0.1, 0.15) is 5.75 Å². The fourth-order valence-corrected chi connectivity index (χ4v) is 3.00. The average molecular weight is 299 g/mol. The molecule has 1 saturated carbocycles. The Morgan fingerprint density at radius 2 is 1.76 bits per heavy atom. The summed E-state index contributed by atoms with van der Waals surface area (Å²) in [5, 5.41) is 10.1. The molecule has 0 radical (unpaired) electrons. The first-order valence-electron chi connectivity index (χ1n) is 5.94. The van der Waals surface area contributed by atoms with E-state index in [-0.39, 0.29) is 0 Å². The van der Waals surface area contributed by atoms with E-state index in [1.807, 2.05) is 0 Å². The van der Waals surface area contributed by atoms with Crippen molar-refractivity contribution in [1.82, 2.24) is 0 Å². The van der Waals surface area contributed by atoms with Crippen molar-refractivity contribution in [2.45, 2.75) is 45.6 Å². The van der Waals surface area contributed by atoms with E-state index >= 15 is 0 Å². The second-order valence-corrected chi connectivity index (χ2v) is 5.89. The first kappa shape index (κ1) is 12.9. The smallest absolute Gasteiger partial charge is 0.136 e. The topological polar surface area (TPSA) is 29.5 Å². The van der Waals surface area contributed by atoms with Gasteiger partial charge in [0, 0.05) is 6.42 Å². The predicted octanol–water partition coefficient (Wildman–Crippen LogP) is 3.45. The fraction of sp³-hybridized carbons (Fsp3) is 0.571. The standard InChI is InChI=1S/C14H19BrO2/c1-8-9(2)13(17-4)12(15)10(3)11(8)7-14(16)5-6-14/h16H,5-7H2,1-4H3. The van der Waals surface area contributed by atoms with Gasteiger partial charge in [-0.25, -0.2) is 0 Å². The number of ether oxygens (including phenoxy) is 1. The van der Waals surface area contributed by atoms with Crippen LogP contribution in [0.2, 0.25) is 0 Å². The molecule has 1 aromatic rings. The molecule has 0 aliphatic heterocycles. The average Bonchev–Trinajstić information content (AvgIpc) is 3.01. The molecule has 0 bridgehead atoms. The minimum atomic E-state index is -0.448. The van der Waals surface area contributed by atoms with Crippen molar-refractivity contribution < 1.29 is 9.84 Å². The van der Waals surface area contributed by atoms with Gasteiger partial charge in [-0.2, -0.15) is 0 Å². The molecule has 2 nitrogen and oxygen atoms in total. The quantitative estimate of drug-likeness (QED) is 0.926. The second kappa shape index (κ2) is 4.29. The van der Waals surface area contributed by atoms with Gasteiger partial charge in [-0.05, 0) is 71.8 Å². The van der Waals surface area contributed by atoms with Crippen LogP contribution in [0.25, 0.3) is 0 Å². The third-order valence-electron chi connectivity index (χ3n) is 3.87. The minimum Gasteiger partial charge on any atom is -0.495 e. The van der Waals surface area contributed by atoms with Crippen LogP contribution in [-0.4, -0.2) is 17.8 Å². The van der Waals surface area contributed by atoms with Gasteiger partial charge in [0.25, 0.3) is 0 Å². The Balaban J connectivity index is 2.52. The molecular formula is C14H19BrO2. The van der Waals surface area contributed by atoms with E-state index in [1.165, 1.54) is 16.7 Å². The van der Waals surface area contributed by atoms with Crippen molar-refractivity contribution in [3.05, 3.63) is 26.7 Å². The van der Waals surface area contributed by atoms with E-state index in [0.29, 0.717) is 0 Å². The zero-order valence-corrected chi connectivity index (χ0v) is 12.4. The summed E-state index contributed by atoms with van der Waals surface area (Å²) in [5.41, 5.74) is 4.39. The summed E-state index contributed by atoms with van der Waals surface area (Å²) in [6.07, 6.45) is 2.61. The summed E-state index contributed by atoms with van der Waals surface area (Å²) >= 11 is 3.60. The Kier molecular flexibility index (Phi) is 3.25. The molecule has 1 fully saturated rings. The molecule has 0 heterocycles. The summed E-state index contributed by atoms with van der Waals surface area (Å²) < 4.78 is 6.44. The highest BCUT2D eigenvalue weighted by atomic mass is 79.9. The number of methoxy groups -OCH3 is 1. The van der Waals surface area contributed by atoms with Gasteiger partial charge in [0.2, 0.25) is 0 Å². The Morgan fingerprint density at radius 3 is 2.24 bits per heavy atom. The van der Waals surface area contributed by atoms with Crippen LogP contribution in [0.3, 0.4) is 0 Å². The number of halogens is 1. The molecule has 0 aromatic heterocycles. The Bertz CT molecular complexity index is 433. The summed E-state index contributed by atoms with van der Waals surface area (Å²) in [4.78, 5) is 0. The van der Waals surface area contributed by atoms with Gasteiger partial charge in [-0.1, -0.05) is 0 Å². The van der Waals surface area contributed by atoms with Crippen molar-refractivity contribution in [2.75, 3.05) is 7.11 Å². The van der Waals surface area contributed by atoms with E-state index in [9.17, 15) is 5.11 Å². The SMILES string of the molecule is COc1c(C)c(C)c(CC2(O)CC2)c(C)c1Br. The lowest BCUT2D eigenvalue weighted by Crippen LogP contribution is -2.14. The number of hydrogen-bond donors (Lipinski definition) is 1. The van der Waals surface area contributed by atoms with Crippen LogP contribution in [0, 0.1) is 20.8 Å².